The van der Waals surface area contributed by atoms with Crippen LogP contribution in [-0.2, 0) is 0 Å². The molecule has 1 N–H and O–H groups in total. The predicted octanol–water partition coefficient (Wildman–Crippen LogP) is 1.25. The Morgan fingerprint density at radius 3 is 3.07 bits per heavy atom. The lowest BCUT2D eigenvalue weighted by molar-refractivity contribution is 0.302. The molecule has 0 fully saturated rings. The first kappa shape index (κ1) is 11.5. The molecule has 0 spiro atoms. The van der Waals surface area contributed by atoms with E-state index in [-0.39, 0.29) is 0 Å². The second-order valence-corrected chi connectivity index (χ2v) is 3.12. The summed E-state index contributed by atoms with van der Waals surface area (Å²) in [5.41, 5.74) is 1.42. The van der Waals surface area contributed by atoms with Gasteiger partial charge in [-0.1, -0.05) is 6.92 Å². The van der Waals surface area contributed by atoms with Gasteiger partial charge in [-0.2, -0.15) is 5.26 Å². The molecular formula is C11H15N3O. The Morgan fingerprint density at radius 1 is 1.60 bits per heavy atom. The van der Waals surface area contributed by atoms with Crippen LogP contribution in [0.3, 0.4) is 0 Å². The number of rotatable bonds is 5. The van der Waals surface area contributed by atoms with Gasteiger partial charge in [-0.25, -0.2) is 4.98 Å². The van der Waals surface area contributed by atoms with Gasteiger partial charge in [0.05, 0.1) is 0 Å². The van der Waals surface area contributed by atoms with Crippen molar-refractivity contribution in [1.29, 1.82) is 5.26 Å². The molecule has 0 amide bonds. The van der Waals surface area contributed by atoms with Crippen LogP contribution in [0, 0.1) is 18.3 Å². The molecule has 0 aromatic carbocycles. The fourth-order valence-electron chi connectivity index (χ4n) is 1.18. The molecule has 0 aliphatic carbocycles. The van der Waals surface area contributed by atoms with Crippen molar-refractivity contribution in [2.75, 3.05) is 19.7 Å². The zero-order valence-corrected chi connectivity index (χ0v) is 9.08. The Labute approximate surface area is 89.9 Å². The van der Waals surface area contributed by atoms with Crippen LogP contribution in [0.15, 0.2) is 12.3 Å². The summed E-state index contributed by atoms with van der Waals surface area (Å²) in [6.07, 6.45) is 1.65. The Morgan fingerprint density at radius 2 is 2.40 bits per heavy atom. The van der Waals surface area contributed by atoms with E-state index >= 15 is 0 Å². The minimum Gasteiger partial charge on any atom is -0.475 e. The molecule has 0 radical (unpaired) electrons. The quantitative estimate of drug-likeness (QED) is 0.735. The maximum absolute atomic E-state index is 8.92. The van der Waals surface area contributed by atoms with E-state index in [9.17, 15) is 0 Å². The third kappa shape index (κ3) is 3.22. The molecule has 1 aromatic heterocycles. The maximum Gasteiger partial charge on any atom is 0.231 e. The van der Waals surface area contributed by atoms with E-state index in [1.807, 2.05) is 13.8 Å². The minimum absolute atomic E-state index is 0.426. The van der Waals surface area contributed by atoms with Crippen molar-refractivity contribution in [2.24, 2.45) is 0 Å². The van der Waals surface area contributed by atoms with Crippen LogP contribution in [0.25, 0.3) is 0 Å². The van der Waals surface area contributed by atoms with Crippen molar-refractivity contribution < 1.29 is 4.74 Å². The van der Waals surface area contributed by atoms with Gasteiger partial charge in [0.1, 0.15) is 18.2 Å². The predicted molar refractivity (Wildman–Crippen MR) is 57.7 cm³/mol. The second-order valence-electron chi connectivity index (χ2n) is 3.12. The van der Waals surface area contributed by atoms with E-state index in [0.29, 0.717) is 18.1 Å². The topological polar surface area (TPSA) is 57.9 Å². The van der Waals surface area contributed by atoms with Crippen LogP contribution in [0.2, 0.25) is 0 Å². The molecule has 0 saturated carbocycles. The van der Waals surface area contributed by atoms with Gasteiger partial charge in [-0.15, -0.1) is 0 Å². The Balaban J connectivity index is 2.61. The third-order valence-electron chi connectivity index (χ3n) is 2.00. The fourth-order valence-corrected chi connectivity index (χ4v) is 1.18. The van der Waals surface area contributed by atoms with E-state index in [0.717, 1.165) is 18.7 Å². The largest absolute Gasteiger partial charge is 0.475 e. The molecule has 15 heavy (non-hydrogen) atoms. The first-order chi connectivity index (χ1) is 7.29. The molecule has 0 saturated heterocycles. The number of nitrogens with one attached hydrogen (secondary N) is 1. The van der Waals surface area contributed by atoms with Crippen LogP contribution in [-0.4, -0.2) is 24.7 Å². The third-order valence-corrected chi connectivity index (χ3v) is 2.00. The molecule has 4 nitrogen and oxygen atoms in total. The average molecular weight is 205 g/mol. The van der Waals surface area contributed by atoms with Crippen molar-refractivity contribution in [1.82, 2.24) is 10.3 Å². The normalized spacial score (nSPS) is 9.67. The van der Waals surface area contributed by atoms with Gasteiger partial charge in [-0.3, -0.25) is 0 Å². The number of nitrogens with zero attached hydrogens (tertiary/aromatic N) is 2. The highest BCUT2D eigenvalue weighted by Gasteiger charge is 2.06. The molecule has 80 valence electrons. The standard InChI is InChI=1S/C11H15N3O/c1-3-13-6-7-15-11-10(8-12)9(2)4-5-14-11/h4-5,13H,3,6-7H2,1-2H3. The summed E-state index contributed by atoms with van der Waals surface area (Å²) in [4.78, 5) is 4.04. The average Bonchev–Trinajstić information content (AvgIpc) is 2.24. The Hall–Kier alpha value is -1.60. The summed E-state index contributed by atoms with van der Waals surface area (Å²) in [7, 11) is 0. The first-order valence-corrected chi connectivity index (χ1v) is 4.98. The number of pyridine rings is 1. The highest BCUT2D eigenvalue weighted by Crippen LogP contribution is 2.16. The number of hydrogen-bond acceptors (Lipinski definition) is 4. The van der Waals surface area contributed by atoms with Crippen LogP contribution in [0.4, 0.5) is 0 Å². The van der Waals surface area contributed by atoms with Gasteiger partial charge in [-0.05, 0) is 25.1 Å². The van der Waals surface area contributed by atoms with E-state index in [2.05, 4.69) is 16.4 Å². The lowest BCUT2D eigenvalue weighted by Gasteiger charge is -2.07. The van der Waals surface area contributed by atoms with Gasteiger partial charge in [0.15, 0.2) is 0 Å². The summed E-state index contributed by atoms with van der Waals surface area (Å²) in [5.74, 6) is 0.426. The highest BCUT2D eigenvalue weighted by molar-refractivity contribution is 5.43. The van der Waals surface area contributed by atoms with Crippen molar-refractivity contribution in [2.45, 2.75) is 13.8 Å². The lowest BCUT2D eigenvalue weighted by atomic mass is 10.2. The minimum atomic E-state index is 0.426. The van der Waals surface area contributed by atoms with E-state index in [1.165, 1.54) is 0 Å². The van der Waals surface area contributed by atoms with Crippen LogP contribution < -0.4 is 10.1 Å². The van der Waals surface area contributed by atoms with Gasteiger partial charge in [0.25, 0.3) is 0 Å². The van der Waals surface area contributed by atoms with Crippen LogP contribution in [0.1, 0.15) is 18.1 Å². The summed E-state index contributed by atoms with van der Waals surface area (Å²) in [6, 6.07) is 3.90. The number of aryl methyl sites for hydroxylation is 1. The van der Waals surface area contributed by atoms with E-state index < -0.39 is 0 Å². The van der Waals surface area contributed by atoms with E-state index in [4.69, 9.17) is 10.00 Å². The lowest BCUT2D eigenvalue weighted by Crippen LogP contribution is -2.20. The summed E-state index contributed by atoms with van der Waals surface area (Å²) >= 11 is 0. The van der Waals surface area contributed by atoms with Gasteiger partial charge >= 0.3 is 0 Å². The SMILES string of the molecule is CCNCCOc1nccc(C)c1C#N. The second kappa shape index (κ2) is 5.99. The van der Waals surface area contributed by atoms with Crippen LogP contribution >= 0.6 is 0 Å². The van der Waals surface area contributed by atoms with Crippen molar-refractivity contribution >= 4 is 0 Å². The van der Waals surface area contributed by atoms with Crippen molar-refractivity contribution in [3.05, 3.63) is 23.4 Å². The summed E-state index contributed by atoms with van der Waals surface area (Å²) in [5, 5.41) is 12.1. The number of ether oxygens (including phenoxy) is 1. The Kier molecular flexibility index (Phi) is 4.58. The van der Waals surface area contributed by atoms with Gasteiger partial charge in [0.2, 0.25) is 5.88 Å². The monoisotopic (exact) mass is 205 g/mol. The molecule has 1 aromatic rings. The zero-order chi connectivity index (χ0) is 11.1. The first-order valence-electron chi connectivity index (χ1n) is 4.98. The molecule has 0 aliphatic heterocycles. The number of hydrogen-bond donors (Lipinski definition) is 1. The summed E-state index contributed by atoms with van der Waals surface area (Å²) in [6.45, 7) is 6.11. The Bertz CT molecular complexity index is 357. The number of nitriles is 1. The molecule has 0 bridgehead atoms. The molecule has 4 heteroatoms. The van der Waals surface area contributed by atoms with Crippen molar-refractivity contribution in [3.8, 4) is 11.9 Å². The molecule has 1 rings (SSSR count). The fraction of sp³-hybridized carbons (Fsp3) is 0.455. The molecule has 0 aliphatic rings. The van der Waals surface area contributed by atoms with E-state index in [1.54, 1.807) is 12.3 Å². The number of aromatic nitrogens is 1. The molecular weight excluding hydrogens is 190 g/mol. The van der Waals surface area contributed by atoms with Crippen molar-refractivity contribution in [3.63, 3.8) is 0 Å². The highest BCUT2D eigenvalue weighted by atomic mass is 16.5. The van der Waals surface area contributed by atoms with Gasteiger partial charge < -0.3 is 10.1 Å². The maximum atomic E-state index is 8.92. The van der Waals surface area contributed by atoms with Gasteiger partial charge in [0, 0.05) is 12.7 Å². The number of likely N-dealkylation sites (N-methyl/N-ethyl adjacent to an activating group) is 1. The van der Waals surface area contributed by atoms with Crippen LogP contribution in [0.5, 0.6) is 5.88 Å². The molecule has 0 atom stereocenters. The molecule has 1 heterocycles. The molecule has 0 unspecified atom stereocenters. The smallest absolute Gasteiger partial charge is 0.231 e. The summed E-state index contributed by atoms with van der Waals surface area (Å²) < 4.78 is 5.41. The zero-order valence-electron chi connectivity index (χ0n) is 9.08.